The van der Waals surface area contributed by atoms with Crippen LogP contribution in [0.1, 0.15) is 13.3 Å². The normalized spacial score (nSPS) is 35.2. The highest BCUT2D eigenvalue weighted by Crippen LogP contribution is 2.44. The van der Waals surface area contributed by atoms with Crippen LogP contribution in [-0.4, -0.2) is 53.5 Å². The van der Waals surface area contributed by atoms with Crippen LogP contribution in [0.2, 0.25) is 0 Å². The van der Waals surface area contributed by atoms with Crippen LogP contribution in [0.4, 0.5) is 0 Å². The van der Waals surface area contributed by atoms with E-state index in [2.05, 4.69) is 0 Å². The summed E-state index contributed by atoms with van der Waals surface area (Å²) in [6, 6.07) is 0.159. The van der Waals surface area contributed by atoms with Gasteiger partial charge in [0.25, 0.3) is 0 Å². The molecule has 86 valence electrons. The second kappa shape index (κ2) is 5.53. The molecule has 1 aliphatic heterocycles. The first-order valence-corrected chi connectivity index (χ1v) is 7.63. The lowest BCUT2D eigenvalue weighted by atomic mass is 9.96. The van der Waals surface area contributed by atoms with E-state index < -0.39 is 7.25 Å². The van der Waals surface area contributed by atoms with Gasteiger partial charge in [0.2, 0.25) is 7.57 Å². The third kappa shape index (κ3) is 3.95. The van der Waals surface area contributed by atoms with E-state index in [1.807, 2.05) is 14.8 Å². The molecular weight excluding hydrogens is 213 g/mol. The molecule has 0 radical (unpaired) electrons. The molecule has 0 bridgehead atoms. The van der Waals surface area contributed by atoms with E-state index in [0.29, 0.717) is 12.8 Å². The van der Waals surface area contributed by atoms with Crippen molar-refractivity contribution in [2.24, 2.45) is 0 Å². The molecule has 0 aromatic rings. The van der Waals surface area contributed by atoms with Crippen LogP contribution >= 0.6 is 7.25 Å². The van der Waals surface area contributed by atoms with Gasteiger partial charge >= 0.3 is 0 Å². The molecule has 1 rings (SSSR count). The van der Waals surface area contributed by atoms with E-state index in [9.17, 15) is 4.57 Å². The molecule has 15 heavy (non-hydrogen) atoms. The predicted molar refractivity (Wildman–Crippen MR) is 65.3 cm³/mol. The fraction of sp³-hybridized carbons (Fsp3) is 1.00. The SMILES string of the molecule is B[C@H]1CC(OP(B)(=O)CC)[C@@H](COC)O1. The maximum absolute atomic E-state index is 11.9. The van der Waals surface area contributed by atoms with Gasteiger partial charge < -0.3 is 18.6 Å². The molecule has 0 amide bonds. The van der Waals surface area contributed by atoms with Crippen molar-refractivity contribution in [2.75, 3.05) is 19.9 Å². The van der Waals surface area contributed by atoms with Crippen molar-refractivity contribution in [3.05, 3.63) is 0 Å². The standard InChI is InChI=1S/C8H19B2O4P/c1-3-15(10,11)14-6-4-8(9)13-7(6)5-12-2/h6-8H,3-5,9-10H2,1-2H3/t6?,7-,8-,15?/m1/s1. The van der Waals surface area contributed by atoms with Gasteiger partial charge in [-0.3, -0.25) is 0 Å². The monoisotopic (exact) mass is 232 g/mol. The Balaban J connectivity index is 2.55. The van der Waals surface area contributed by atoms with E-state index in [1.54, 1.807) is 14.7 Å². The van der Waals surface area contributed by atoms with E-state index >= 15 is 0 Å². The zero-order chi connectivity index (χ0) is 11.5. The summed E-state index contributed by atoms with van der Waals surface area (Å²) in [6.45, 7) is 2.38. The summed E-state index contributed by atoms with van der Waals surface area (Å²) in [4.78, 5) is 0. The fourth-order valence-electron chi connectivity index (χ4n) is 1.70. The third-order valence-corrected chi connectivity index (χ3v) is 4.52. The van der Waals surface area contributed by atoms with Crippen molar-refractivity contribution in [3.63, 3.8) is 0 Å². The smallest absolute Gasteiger partial charge is 0.216 e. The van der Waals surface area contributed by atoms with E-state index in [-0.39, 0.29) is 18.2 Å². The Bertz CT molecular complexity index is 251. The molecule has 4 nitrogen and oxygen atoms in total. The van der Waals surface area contributed by atoms with Crippen molar-refractivity contribution < 1.29 is 18.6 Å². The molecular formula is C8H19B2O4P. The summed E-state index contributed by atoms with van der Waals surface area (Å²) >= 11 is 0. The number of rotatable bonds is 5. The Labute approximate surface area is 93.3 Å². The molecule has 1 saturated heterocycles. The molecule has 0 aromatic carbocycles. The van der Waals surface area contributed by atoms with Gasteiger partial charge in [0.1, 0.15) is 14.0 Å². The fourth-order valence-corrected chi connectivity index (χ4v) is 2.65. The van der Waals surface area contributed by atoms with Crippen LogP contribution in [-0.2, 0) is 18.6 Å². The number of hydrogen-bond donors (Lipinski definition) is 0. The summed E-state index contributed by atoms with van der Waals surface area (Å²) in [6.07, 6.45) is 1.20. The lowest BCUT2D eigenvalue weighted by molar-refractivity contribution is -0.00911. The van der Waals surface area contributed by atoms with Gasteiger partial charge in [-0.2, -0.15) is 0 Å². The molecule has 0 N–H and O–H groups in total. The summed E-state index contributed by atoms with van der Waals surface area (Å²) in [7, 11) is 2.87. The van der Waals surface area contributed by atoms with Crippen LogP contribution in [0.5, 0.6) is 0 Å². The molecule has 0 aromatic heterocycles. The Kier molecular flexibility index (Phi) is 4.91. The summed E-state index contributed by atoms with van der Waals surface area (Å²) in [5, 5.41) is 0. The van der Waals surface area contributed by atoms with Crippen molar-refractivity contribution in [3.8, 4) is 0 Å². The highest BCUT2D eigenvalue weighted by Gasteiger charge is 2.36. The summed E-state index contributed by atoms with van der Waals surface area (Å²) in [5.41, 5.74) is 0. The third-order valence-electron chi connectivity index (χ3n) is 2.65. The van der Waals surface area contributed by atoms with Gasteiger partial charge in [0, 0.05) is 19.3 Å². The highest BCUT2D eigenvalue weighted by molar-refractivity contribution is 7.83. The number of methoxy groups -OCH3 is 1. The van der Waals surface area contributed by atoms with Gasteiger partial charge in [-0.25, -0.2) is 0 Å². The molecule has 1 heterocycles. The zero-order valence-electron chi connectivity index (χ0n) is 9.93. The Morgan fingerprint density at radius 1 is 1.60 bits per heavy atom. The van der Waals surface area contributed by atoms with E-state index in [4.69, 9.17) is 14.0 Å². The molecule has 0 saturated carbocycles. The van der Waals surface area contributed by atoms with E-state index in [0.717, 1.165) is 6.42 Å². The predicted octanol–water partition coefficient (Wildman–Crippen LogP) is -0.388. The van der Waals surface area contributed by atoms with Crippen molar-refractivity contribution in [1.82, 2.24) is 0 Å². The zero-order valence-corrected chi connectivity index (χ0v) is 10.8. The first-order chi connectivity index (χ1) is 6.98. The van der Waals surface area contributed by atoms with Gasteiger partial charge in [-0.05, 0) is 6.42 Å². The van der Waals surface area contributed by atoms with Crippen LogP contribution in [0, 0.1) is 0 Å². The molecule has 4 atom stereocenters. The minimum Gasteiger partial charge on any atom is -0.382 e. The Hall–Kier alpha value is 0.240. The lowest BCUT2D eigenvalue weighted by Gasteiger charge is -2.22. The quantitative estimate of drug-likeness (QED) is 0.478. The first kappa shape index (κ1) is 13.3. The first-order valence-electron chi connectivity index (χ1n) is 5.38. The number of ether oxygens (including phenoxy) is 2. The number of hydrogen-bond acceptors (Lipinski definition) is 4. The minimum absolute atomic E-state index is 0.0789. The second-order valence-corrected chi connectivity index (χ2v) is 7.02. The maximum atomic E-state index is 11.9. The molecule has 1 fully saturated rings. The van der Waals surface area contributed by atoms with Crippen molar-refractivity contribution >= 4 is 22.7 Å². The molecule has 0 spiro atoms. The Morgan fingerprint density at radius 2 is 2.27 bits per heavy atom. The molecule has 0 aliphatic carbocycles. The topological polar surface area (TPSA) is 44.8 Å². The summed E-state index contributed by atoms with van der Waals surface area (Å²) in [5.74, 6) is 0. The lowest BCUT2D eigenvalue weighted by Crippen LogP contribution is -2.28. The van der Waals surface area contributed by atoms with Crippen LogP contribution in [0.25, 0.3) is 0 Å². The van der Waals surface area contributed by atoms with Gasteiger partial charge in [-0.1, -0.05) is 6.92 Å². The van der Waals surface area contributed by atoms with Crippen LogP contribution in [0.15, 0.2) is 0 Å². The molecule has 7 heteroatoms. The molecule has 1 aliphatic rings. The van der Waals surface area contributed by atoms with Crippen LogP contribution in [0.3, 0.4) is 0 Å². The minimum atomic E-state index is -2.45. The van der Waals surface area contributed by atoms with Crippen molar-refractivity contribution in [1.29, 1.82) is 0 Å². The van der Waals surface area contributed by atoms with Crippen LogP contribution < -0.4 is 0 Å². The van der Waals surface area contributed by atoms with Crippen molar-refractivity contribution in [2.45, 2.75) is 31.6 Å². The Morgan fingerprint density at radius 3 is 2.80 bits per heavy atom. The highest BCUT2D eigenvalue weighted by atomic mass is 31.2. The van der Waals surface area contributed by atoms with Gasteiger partial charge in [0.15, 0.2) is 7.25 Å². The van der Waals surface area contributed by atoms with Gasteiger partial charge in [0.05, 0.1) is 12.7 Å². The maximum Gasteiger partial charge on any atom is 0.216 e. The molecule has 2 unspecified atom stereocenters. The second-order valence-electron chi connectivity index (χ2n) is 4.15. The largest absolute Gasteiger partial charge is 0.382 e. The average molecular weight is 232 g/mol. The van der Waals surface area contributed by atoms with Gasteiger partial charge in [-0.15, -0.1) is 0 Å². The van der Waals surface area contributed by atoms with E-state index in [1.165, 1.54) is 0 Å². The summed E-state index contributed by atoms with van der Waals surface area (Å²) < 4.78 is 28.2. The average Bonchev–Trinajstić information content (AvgIpc) is 2.47.